The minimum absolute atomic E-state index is 0.386. The molecule has 0 aliphatic carbocycles. The van der Waals surface area contributed by atoms with Gasteiger partial charge in [-0.2, -0.15) is 0 Å². The maximum atomic E-state index is 11.3. The number of benzene rings is 1. The van der Waals surface area contributed by atoms with Crippen LogP contribution >= 0.6 is 23.2 Å². The van der Waals surface area contributed by atoms with Crippen LogP contribution < -0.4 is 5.73 Å². The first-order chi connectivity index (χ1) is 8.47. The van der Waals surface area contributed by atoms with Gasteiger partial charge in [0.15, 0.2) is 0 Å². The van der Waals surface area contributed by atoms with E-state index in [4.69, 9.17) is 28.9 Å². The Morgan fingerprint density at radius 3 is 2.78 bits per heavy atom. The van der Waals surface area contributed by atoms with Crippen LogP contribution in [0.15, 0.2) is 18.2 Å². The minimum Gasteiger partial charge on any atom is -0.392 e. The molecule has 2 atom stereocenters. The van der Waals surface area contributed by atoms with Crippen molar-refractivity contribution in [2.45, 2.75) is 25.1 Å². The number of amides is 1. The lowest BCUT2D eigenvalue weighted by molar-refractivity contribution is -0.122. The number of hydrogen-bond acceptors (Lipinski definition) is 3. The number of primary amides is 1. The molecular formula is C12H14Cl2N2O2. The van der Waals surface area contributed by atoms with Gasteiger partial charge < -0.3 is 10.8 Å². The van der Waals surface area contributed by atoms with E-state index in [0.29, 0.717) is 29.6 Å². The van der Waals surface area contributed by atoms with Crippen LogP contribution in [0.4, 0.5) is 0 Å². The fourth-order valence-electron chi connectivity index (χ4n) is 2.22. The van der Waals surface area contributed by atoms with E-state index in [1.807, 2.05) is 11.0 Å². The topological polar surface area (TPSA) is 66.6 Å². The quantitative estimate of drug-likeness (QED) is 0.884. The standard InChI is InChI=1S/C12H14Cl2N2O2/c13-9-2-1-7(3-10(9)14)5-16-6-8(17)4-11(16)12(15)18/h1-3,8,11,17H,4-6H2,(H2,15,18)/t8-,11-/m0/s1. The van der Waals surface area contributed by atoms with E-state index in [-0.39, 0.29) is 0 Å². The number of nitrogens with zero attached hydrogens (tertiary/aromatic N) is 1. The Kier molecular flexibility index (Phi) is 4.12. The van der Waals surface area contributed by atoms with Crippen molar-refractivity contribution < 1.29 is 9.90 Å². The van der Waals surface area contributed by atoms with Gasteiger partial charge in [-0.15, -0.1) is 0 Å². The van der Waals surface area contributed by atoms with E-state index in [1.54, 1.807) is 12.1 Å². The molecule has 98 valence electrons. The van der Waals surface area contributed by atoms with Crippen molar-refractivity contribution in [1.29, 1.82) is 0 Å². The molecule has 1 heterocycles. The first kappa shape index (κ1) is 13.6. The Morgan fingerprint density at radius 1 is 1.44 bits per heavy atom. The second-order valence-electron chi connectivity index (χ2n) is 4.49. The van der Waals surface area contributed by atoms with Gasteiger partial charge >= 0.3 is 0 Å². The molecule has 4 nitrogen and oxygen atoms in total. The average molecular weight is 289 g/mol. The monoisotopic (exact) mass is 288 g/mol. The highest BCUT2D eigenvalue weighted by Gasteiger charge is 2.34. The van der Waals surface area contributed by atoms with Gasteiger partial charge in [-0.05, 0) is 24.1 Å². The van der Waals surface area contributed by atoms with E-state index in [2.05, 4.69) is 0 Å². The molecule has 0 spiro atoms. The van der Waals surface area contributed by atoms with E-state index < -0.39 is 18.1 Å². The van der Waals surface area contributed by atoms with E-state index in [1.165, 1.54) is 0 Å². The zero-order valence-electron chi connectivity index (χ0n) is 9.64. The van der Waals surface area contributed by atoms with Crippen LogP contribution in [0.3, 0.4) is 0 Å². The largest absolute Gasteiger partial charge is 0.392 e. The molecule has 0 saturated carbocycles. The predicted molar refractivity (Wildman–Crippen MR) is 70.5 cm³/mol. The van der Waals surface area contributed by atoms with Gasteiger partial charge in [0.05, 0.1) is 22.2 Å². The highest BCUT2D eigenvalue weighted by Crippen LogP contribution is 2.25. The molecule has 1 aromatic carbocycles. The number of carbonyl (C=O) groups excluding carboxylic acids is 1. The van der Waals surface area contributed by atoms with Crippen LogP contribution in [-0.4, -0.2) is 34.6 Å². The third kappa shape index (κ3) is 2.95. The van der Waals surface area contributed by atoms with E-state index in [9.17, 15) is 9.90 Å². The Labute approximate surface area is 115 Å². The number of hydrogen-bond donors (Lipinski definition) is 2. The summed E-state index contributed by atoms with van der Waals surface area (Å²) in [6, 6.07) is 4.89. The molecule has 0 radical (unpaired) electrons. The van der Waals surface area contributed by atoms with Crippen LogP contribution in [-0.2, 0) is 11.3 Å². The fraction of sp³-hybridized carbons (Fsp3) is 0.417. The second-order valence-corrected chi connectivity index (χ2v) is 5.30. The smallest absolute Gasteiger partial charge is 0.234 e. The maximum absolute atomic E-state index is 11.3. The zero-order chi connectivity index (χ0) is 13.3. The summed E-state index contributed by atoms with van der Waals surface area (Å²) in [6.45, 7) is 0.954. The van der Waals surface area contributed by atoms with Gasteiger partial charge in [-0.25, -0.2) is 0 Å². The lowest BCUT2D eigenvalue weighted by atomic mass is 10.1. The van der Waals surface area contributed by atoms with Crippen molar-refractivity contribution >= 4 is 29.1 Å². The van der Waals surface area contributed by atoms with Crippen LogP contribution in [0.25, 0.3) is 0 Å². The van der Waals surface area contributed by atoms with Gasteiger partial charge in [-0.3, -0.25) is 9.69 Å². The second kappa shape index (κ2) is 5.45. The molecule has 1 amide bonds. The lowest BCUT2D eigenvalue weighted by Crippen LogP contribution is -2.39. The first-order valence-electron chi connectivity index (χ1n) is 5.62. The van der Waals surface area contributed by atoms with Gasteiger partial charge in [-0.1, -0.05) is 29.3 Å². The number of nitrogens with two attached hydrogens (primary N) is 1. The number of aliphatic hydroxyl groups excluding tert-OH is 1. The predicted octanol–water partition coefficient (Wildman–Crippen LogP) is 1.41. The Morgan fingerprint density at radius 2 is 2.17 bits per heavy atom. The third-order valence-electron chi connectivity index (χ3n) is 3.08. The summed E-state index contributed by atoms with van der Waals surface area (Å²) in [7, 11) is 0. The van der Waals surface area contributed by atoms with Crippen LogP contribution in [0.5, 0.6) is 0 Å². The number of halogens is 2. The number of aliphatic hydroxyl groups is 1. The molecule has 6 heteroatoms. The highest BCUT2D eigenvalue weighted by atomic mass is 35.5. The van der Waals surface area contributed by atoms with Crippen molar-refractivity contribution in [3.05, 3.63) is 33.8 Å². The maximum Gasteiger partial charge on any atom is 0.234 e. The first-order valence-corrected chi connectivity index (χ1v) is 6.38. The fourth-order valence-corrected chi connectivity index (χ4v) is 2.54. The molecule has 0 bridgehead atoms. The average Bonchev–Trinajstić information content (AvgIpc) is 2.65. The molecule has 3 N–H and O–H groups in total. The lowest BCUT2D eigenvalue weighted by Gasteiger charge is -2.21. The Balaban J connectivity index is 2.12. The Hall–Kier alpha value is -0.810. The van der Waals surface area contributed by atoms with Gasteiger partial charge in [0, 0.05) is 13.1 Å². The normalized spacial score (nSPS) is 24.4. The molecule has 1 fully saturated rings. The molecule has 0 aromatic heterocycles. The molecule has 1 aromatic rings. The van der Waals surface area contributed by atoms with Gasteiger partial charge in [0.2, 0.25) is 5.91 Å². The highest BCUT2D eigenvalue weighted by molar-refractivity contribution is 6.42. The zero-order valence-corrected chi connectivity index (χ0v) is 11.2. The summed E-state index contributed by atoms with van der Waals surface area (Å²) in [6.07, 6.45) is -0.123. The molecule has 1 aliphatic heterocycles. The molecule has 2 rings (SSSR count). The number of rotatable bonds is 3. The Bertz CT molecular complexity index is 467. The van der Waals surface area contributed by atoms with Crippen molar-refractivity contribution in [1.82, 2.24) is 4.90 Å². The number of likely N-dealkylation sites (tertiary alicyclic amines) is 1. The molecular weight excluding hydrogens is 275 g/mol. The van der Waals surface area contributed by atoms with Crippen LogP contribution in [0.1, 0.15) is 12.0 Å². The molecule has 1 aliphatic rings. The SMILES string of the molecule is NC(=O)[C@@H]1C[C@H](O)CN1Cc1ccc(Cl)c(Cl)c1. The van der Waals surface area contributed by atoms with Crippen LogP contribution in [0.2, 0.25) is 10.0 Å². The minimum atomic E-state index is -0.509. The molecule has 0 unspecified atom stereocenters. The van der Waals surface area contributed by atoms with E-state index in [0.717, 1.165) is 5.56 Å². The summed E-state index contributed by atoms with van der Waals surface area (Å²) >= 11 is 11.8. The summed E-state index contributed by atoms with van der Waals surface area (Å²) in [5.74, 6) is -0.411. The molecule has 18 heavy (non-hydrogen) atoms. The summed E-state index contributed by atoms with van der Waals surface area (Å²) < 4.78 is 0. The summed E-state index contributed by atoms with van der Waals surface area (Å²) in [5.41, 5.74) is 6.25. The van der Waals surface area contributed by atoms with Gasteiger partial charge in [0.25, 0.3) is 0 Å². The van der Waals surface area contributed by atoms with Crippen molar-refractivity contribution in [3.8, 4) is 0 Å². The number of carbonyl (C=O) groups is 1. The third-order valence-corrected chi connectivity index (χ3v) is 3.82. The van der Waals surface area contributed by atoms with Crippen molar-refractivity contribution in [2.75, 3.05) is 6.54 Å². The van der Waals surface area contributed by atoms with Crippen molar-refractivity contribution in [2.24, 2.45) is 5.73 Å². The van der Waals surface area contributed by atoms with Crippen LogP contribution in [0, 0.1) is 0 Å². The van der Waals surface area contributed by atoms with E-state index >= 15 is 0 Å². The van der Waals surface area contributed by atoms with Gasteiger partial charge in [0.1, 0.15) is 0 Å². The number of β-amino-alcohol motifs (C(OH)–C–C–N with tert-alkyl or cyclic N) is 1. The van der Waals surface area contributed by atoms with Crippen molar-refractivity contribution in [3.63, 3.8) is 0 Å². The summed E-state index contributed by atoms with van der Waals surface area (Å²) in [4.78, 5) is 13.1. The summed E-state index contributed by atoms with van der Waals surface area (Å²) in [5, 5.41) is 10.6. The molecule has 1 saturated heterocycles.